The molecule has 0 unspecified atom stereocenters. The maximum Gasteiger partial charge on any atom is 0.237 e. The first kappa shape index (κ1) is 11.2. The monoisotopic (exact) mass is 190 g/mol. The predicted molar refractivity (Wildman–Crippen MR) is 44.6 cm³/mol. The van der Waals surface area contributed by atoms with Gasteiger partial charge in [-0.05, 0) is 0 Å². The number of rotatable bonds is 5. The number of amides is 1. The largest absolute Gasteiger partial charge is 0.395 e. The highest BCUT2D eigenvalue weighted by molar-refractivity contribution is 6.27. The van der Waals surface area contributed by atoms with Gasteiger partial charge >= 0.3 is 0 Å². The molecule has 0 atom stereocenters. The third-order valence-corrected chi connectivity index (χ3v) is 1.56. The van der Waals surface area contributed by atoms with E-state index in [1.807, 2.05) is 6.07 Å². The lowest BCUT2D eigenvalue weighted by Crippen LogP contribution is -2.35. The Morgan fingerprint density at radius 2 is 2.25 bits per heavy atom. The molecule has 0 aliphatic carbocycles. The van der Waals surface area contributed by atoms with Gasteiger partial charge in [0.25, 0.3) is 0 Å². The van der Waals surface area contributed by atoms with E-state index < -0.39 is 0 Å². The summed E-state index contributed by atoms with van der Waals surface area (Å²) in [6.45, 7) is 0.476. The Labute approximate surface area is 76.3 Å². The molecule has 1 N–H and O–H groups in total. The summed E-state index contributed by atoms with van der Waals surface area (Å²) in [4.78, 5) is 12.4. The summed E-state index contributed by atoms with van der Waals surface area (Å²) in [7, 11) is 0. The SMILES string of the molecule is N#CCCN(CCO)C(=O)CCl. The molecule has 0 rings (SSSR count). The van der Waals surface area contributed by atoms with Crippen molar-refractivity contribution in [2.24, 2.45) is 0 Å². The Kier molecular flexibility index (Phi) is 6.44. The predicted octanol–water partition coefficient (Wildman–Crippen LogP) is -0.0402. The molecule has 5 heteroatoms. The zero-order valence-corrected chi connectivity index (χ0v) is 7.42. The number of carbonyl (C=O) groups excluding carboxylic acids is 1. The van der Waals surface area contributed by atoms with Crippen molar-refractivity contribution in [3.05, 3.63) is 0 Å². The number of aliphatic hydroxyl groups is 1. The molecule has 0 radical (unpaired) electrons. The van der Waals surface area contributed by atoms with Crippen molar-refractivity contribution in [1.82, 2.24) is 4.90 Å². The quantitative estimate of drug-likeness (QED) is 0.619. The second-order valence-corrected chi connectivity index (χ2v) is 2.41. The van der Waals surface area contributed by atoms with Crippen molar-refractivity contribution in [3.63, 3.8) is 0 Å². The normalized spacial score (nSPS) is 9.08. The van der Waals surface area contributed by atoms with Gasteiger partial charge in [0.05, 0.1) is 19.1 Å². The van der Waals surface area contributed by atoms with E-state index in [4.69, 9.17) is 22.0 Å². The van der Waals surface area contributed by atoms with Crippen molar-refractivity contribution >= 4 is 17.5 Å². The first-order valence-corrected chi connectivity index (χ1v) is 4.11. The Morgan fingerprint density at radius 3 is 2.67 bits per heavy atom. The fourth-order valence-electron chi connectivity index (χ4n) is 0.751. The minimum atomic E-state index is -0.249. The van der Waals surface area contributed by atoms with Crippen LogP contribution in [-0.4, -0.2) is 41.5 Å². The van der Waals surface area contributed by atoms with Crippen molar-refractivity contribution in [1.29, 1.82) is 5.26 Å². The molecule has 0 aliphatic rings. The van der Waals surface area contributed by atoms with Gasteiger partial charge in [-0.1, -0.05) is 0 Å². The molecule has 0 spiro atoms. The van der Waals surface area contributed by atoms with Gasteiger partial charge in [-0.2, -0.15) is 5.26 Å². The molecule has 0 heterocycles. The highest BCUT2D eigenvalue weighted by Crippen LogP contribution is 1.93. The van der Waals surface area contributed by atoms with Crippen LogP contribution in [0.5, 0.6) is 0 Å². The van der Waals surface area contributed by atoms with Gasteiger partial charge in [-0.3, -0.25) is 4.79 Å². The molecule has 0 saturated carbocycles. The standard InChI is InChI=1S/C7H11ClN2O2/c8-6-7(12)10(4-5-11)3-1-2-9/h11H,1,3-6H2. The Balaban J connectivity index is 3.86. The number of carbonyl (C=O) groups is 1. The number of aliphatic hydroxyl groups excluding tert-OH is 1. The van der Waals surface area contributed by atoms with Crippen LogP contribution in [0.2, 0.25) is 0 Å². The van der Waals surface area contributed by atoms with Crippen LogP contribution in [0.15, 0.2) is 0 Å². The lowest BCUT2D eigenvalue weighted by molar-refractivity contribution is -0.128. The van der Waals surface area contributed by atoms with Crippen LogP contribution >= 0.6 is 11.6 Å². The average molecular weight is 191 g/mol. The van der Waals surface area contributed by atoms with Gasteiger partial charge in [0.1, 0.15) is 5.88 Å². The first-order valence-electron chi connectivity index (χ1n) is 3.57. The zero-order chi connectivity index (χ0) is 9.40. The van der Waals surface area contributed by atoms with E-state index in [1.165, 1.54) is 4.90 Å². The van der Waals surface area contributed by atoms with Crippen LogP contribution in [0.1, 0.15) is 6.42 Å². The van der Waals surface area contributed by atoms with Gasteiger partial charge in [-0.15, -0.1) is 11.6 Å². The van der Waals surface area contributed by atoms with E-state index in [0.29, 0.717) is 6.54 Å². The van der Waals surface area contributed by atoms with E-state index >= 15 is 0 Å². The van der Waals surface area contributed by atoms with Gasteiger partial charge in [0.15, 0.2) is 0 Å². The Morgan fingerprint density at radius 1 is 1.58 bits per heavy atom. The second kappa shape index (κ2) is 6.89. The van der Waals surface area contributed by atoms with E-state index in [-0.39, 0.29) is 31.4 Å². The second-order valence-electron chi connectivity index (χ2n) is 2.15. The molecule has 68 valence electrons. The maximum absolute atomic E-state index is 11.0. The molecule has 0 aromatic carbocycles. The summed E-state index contributed by atoms with van der Waals surface area (Å²) in [6.07, 6.45) is 0.266. The third-order valence-electron chi connectivity index (χ3n) is 1.33. The summed E-state index contributed by atoms with van der Waals surface area (Å²) in [5.41, 5.74) is 0. The zero-order valence-electron chi connectivity index (χ0n) is 6.66. The molecule has 12 heavy (non-hydrogen) atoms. The van der Waals surface area contributed by atoms with Crippen LogP contribution in [-0.2, 0) is 4.79 Å². The number of nitriles is 1. The van der Waals surface area contributed by atoms with Gasteiger partial charge in [0.2, 0.25) is 5.91 Å². The van der Waals surface area contributed by atoms with E-state index in [9.17, 15) is 4.79 Å². The molecule has 0 aromatic rings. The summed E-state index contributed by atoms with van der Waals surface area (Å²) in [6, 6.07) is 1.92. The van der Waals surface area contributed by atoms with Crippen molar-refractivity contribution < 1.29 is 9.90 Å². The third kappa shape index (κ3) is 4.16. The summed E-state index contributed by atoms with van der Waals surface area (Å²) in [5.74, 6) is -0.355. The van der Waals surface area contributed by atoms with E-state index in [2.05, 4.69) is 0 Å². The smallest absolute Gasteiger partial charge is 0.237 e. The van der Waals surface area contributed by atoms with Gasteiger partial charge < -0.3 is 10.0 Å². The maximum atomic E-state index is 11.0. The lowest BCUT2D eigenvalue weighted by atomic mass is 10.4. The minimum Gasteiger partial charge on any atom is -0.395 e. The van der Waals surface area contributed by atoms with Crippen LogP contribution in [0.25, 0.3) is 0 Å². The fraction of sp³-hybridized carbons (Fsp3) is 0.714. The lowest BCUT2D eigenvalue weighted by Gasteiger charge is -2.18. The molecule has 0 aliphatic heterocycles. The number of hydrogen-bond donors (Lipinski definition) is 1. The first-order chi connectivity index (χ1) is 5.76. The molecule has 0 aromatic heterocycles. The van der Waals surface area contributed by atoms with Crippen molar-refractivity contribution in [2.75, 3.05) is 25.6 Å². The number of halogens is 1. The summed E-state index contributed by atoms with van der Waals surface area (Å²) < 4.78 is 0. The number of nitrogens with zero attached hydrogens (tertiary/aromatic N) is 2. The molecule has 0 saturated heterocycles. The topological polar surface area (TPSA) is 64.3 Å². The summed E-state index contributed by atoms with van der Waals surface area (Å²) in [5, 5.41) is 16.8. The van der Waals surface area contributed by atoms with E-state index in [1.54, 1.807) is 0 Å². The fourth-order valence-corrected chi connectivity index (χ4v) is 0.920. The van der Waals surface area contributed by atoms with Crippen LogP contribution < -0.4 is 0 Å². The Bertz CT molecular complexity index is 179. The number of alkyl halides is 1. The Hall–Kier alpha value is -0.790. The van der Waals surface area contributed by atoms with Crippen LogP contribution in [0.4, 0.5) is 0 Å². The average Bonchev–Trinajstić information content (AvgIpc) is 2.11. The molecular weight excluding hydrogens is 180 g/mol. The van der Waals surface area contributed by atoms with Crippen LogP contribution in [0.3, 0.4) is 0 Å². The molecule has 4 nitrogen and oxygen atoms in total. The number of hydrogen-bond acceptors (Lipinski definition) is 3. The van der Waals surface area contributed by atoms with Crippen molar-refractivity contribution in [3.8, 4) is 6.07 Å². The molecule has 1 amide bonds. The van der Waals surface area contributed by atoms with Crippen molar-refractivity contribution in [2.45, 2.75) is 6.42 Å². The highest BCUT2D eigenvalue weighted by Gasteiger charge is 2.10. The molecule has 0 fully saturated rings. The minimum absolute atomic E-state index is 0.103. The molecular formula is C7H11ClN2O2. The highest BCUT2D eigenvalue weighted by atomic mass is 35.5. The summed E-state index contributed by atoms with van der Waals surface area (Å²) >= 11 is 5.31. The molecule has 0 bridgehead atoms. The van der Waals surface area contributed by atoms with Crippen LogP contribution in [0, 0.1) is 11.3 Å². The van der Waals surface area contributed by atoms with Gasteiger partial charge in [0, 0.05) is 13.1 Å². The van der Waals surface area contributed by atoms with Gasteiger partial charge in [-0.25, -0.2) is 0 Å². The van der Waals surface area contributed by atoms with E-state index in [0.717, 1.165) is 0 Å².